The quantitative estimate of drug-likeness (QED) is 0.383. The Morgan fingerprint density at radius 2 is 2.07 bits per heavy atom. The molecule has 0 bridgehead atoms. The summed E-state index contributed by atoms with van der Waals surface area (Å²) < 4.78 is 9.35. The van der Waals surface area contributed by atoms with E-state index < -0.39 is 11.9 Å². The second-order valence-electron chi connectivity index (χ2n) is 3.16. The van der Waals surface area contributed by atoms with Crippen molar-refractivity contribution in [3.05, 3.63) is 25.0 Å². The van der Waals surface area contributed by atoms with Gasteiger partial charge in [0.25, 0.3) is 0 Å². The van der Waals surface area contributed by atoms with E-state index in [1.54, 1.807) is 0 Å². The minimum Gasteiger partial charge on any atom is -0.460 e. The van der Waals surface area contributed by atoms with E-state index in [0.29, 0.717) is 6.61 Å². The maximum absolute atomic E-state index is 11.2. The van der Waals surface area contributed by atoms with Gasteiger partial charge in [0.1, 0.15) is 0 Å². The Hall–Kier alpha value is -1.58. The number of hydrogen-bond acceptors (Lipinski definition) is 4. The SMILES string of the molecule is C=CC(=O)OC(=C)C(=O)OCC(C)CC. The average molecular weight is 212 g/mol. The summed E-state index contributed by atoms with van der Waals surface area (Å²) in [5.74, 6) is -1.48. The number of rotatable bonds is 6. The highest BCUT2D eigenvalue weighted by Gasteiger charge is 2.13. The van der Waals surface area contributed by atoms with E-state index >= 15 is 0 Å². The first-order valence-corrected chi connectivity index (χ1v) is 4.71. The number of esters is 2. The lowest BCUT2D eigenvalue weighted by Crippen LogP contribution is -2.15. The van der Waals surface area contributed by atoms with Crippen molar-refractivity contribution >= 4 is 11.9 Å². The Morgan fingerprint density at radius 3 is 2.53 bits per heavy atom. The maximum Gasteiger partial charge on any atom is 0.373 e. The van der Waals surface area contributed by atoms with Gasteiger partial charge >= 0.3 is 11.9 Å². The Kier molecular flexibility index (Phi) is 6.09. The lowest BCUT2D eigenvalue weighted by molar-refractivity contribution is -0.149. The molecule has 1 atom stereocenters. The van der Waals surface area contributed by atoms with E-state index in [1.807, 2.05) is 13.8 Å². The second kappa shape index (κ2) is 6.81. The predicted molar refractivity (Wildman–Crippen MR) is 55.8 cm³/mol. The molecule has 84 valence electrons. The lowest BCUT2D eigenvalue weighted by atomic mass is 10.1. The summed E-state index contributed by atoms with van der Waals surface area (Å²) in [6.45, 7) is 10.7. The molecule has 4 nitrogen and oxygen atoms in total. The van der Waals surface area contributed by atoms with Crippen LogP contribution in [0.25, 0.3) is 0 Å². The van der Waals surface area contributed by atoms with Crippen molar-refractivity contribution in [3.8, 4) is 0 Å². The normalized spacial score (nSPS) is 11.3. The molecule has 0 aliphatic carbocycles. The van der Waals surface area contributed by atoms with E-state index in [-0.39, 0.29) is 11.7 Å². The average Bonchev–Trinajstić information content (AvgIpc) is 2.24. The largest absolute Gasteiger partial charge is 0.460 e. The first kappa shape index (κ1) is 13.4. The zero-order valence-electron chi connectivity index (χ0n) is 9.12. The first-order chi connectivity index (χ1) is 7.01. The van der Waals surface area contributed by atoms with Gasteiger partial charge in [-0.15, -0.1) is 0 Å². The molecule has 0 radical (unpaired) electrons. The van der Waals surface area contributed by atoms with Gasteiger partial charge in [-0.1, -0.05) is 26.8 Å². The fourth-order valence-corrected chi connectivity index (χ4v) is 0.621. The highest BCUT2D eigenvalue weighted by molar-refractivity contribution is 5.91. The molecule has 1 unspecified atom stereocenters. The van der Waals surface area contributed by atoms with Crippen LogP contribution in [0.3, 0.4) is 0 Å². The van der Waals surface area contributed by atoms with Crippen LogP contribution in [0.2, 0.25) is 0 Å². The molecule has 0 aliphatic heterocycles. The number of ether oxygens (including phenoxy) is 2. The van der Waals surface area contributed by atoms with Crippen molar-refractivity contribution in [2.45, 2.75) is 20.3 Å². The van der Waals surface area contributed by atoms with Gasteiger partial charge in [0.15, 0.2) is 0 Å². The molecule has 0 aromatic carbocycles. The fourth-order valence-electron chi connectivity index (χ4n) is 0.621. The van der Waals surface area contributed by atoms with Crippen LogP contribution in [0, 0.1) is 5.92 Å². The molecule has 0 N–H and O–H groups in total. The molecular formula is C11H16O4. The van der Waals surface area contributed by atoms with Crippen LogP contribution < -0.4 is 0 Å². The van der Waals surface area contributed by atoms with Gasteiger partial charge < -0.3 is 9.47 Å². The predicted octanol–water partition coefficient (Wildman–Crippen LogP) is 1.82. The van der Waals surface area contributed by atoms with Crippen LogP contribution in [0.4, 0.5) is 0 Å². The zero-order chi connectivity index (χ0) is 11.8. The summed E-state index contributed by atoms with van der Waals surface area (Å²) in [4.78, 5) is 21.9. The smallest absolute Gasteiger partial charge is 0.373 e. The molecule has 0 heterocycles. The minimum atomic E-state index is -0.722. The molecule has 4 heteroatoms. The molecule has 0 aromatic heterocycles. The van der Waals surface area contributed by atoms with Crippen LogP contribution in [-0.2, 0) is 19.1 Å². The van der Waals surface area contributed by atoms with Crippen molar-refractivity contribution in [2.75, 3.05) is 6.61 Å². The minimum absolute atomic E-state index is 0.275. The van der Waals surface area contributed by atoms with Gasteiger partial charge in [-0.05, 0) is 12.5 Å². The molecule has 0 fully saturated rings. The standard InChI is InChI=1S/C11H16O4/c1-5-8(3)7-14-11(13)9(4)15-10(12)6-2/h6,8H,2,4-5,7H2,1,3H3. The molecule has 0 spiro atoms. The molecule has 0 aromatic rings. The van der Waals surface area contributed by atoms with Gasteiger partial charge in [-0.2, -0.15) is 0 Å². The van der Waals surface area contributed by atoms with E-state index in [4.69, 9.17) is 4.74 Å². The van der Waals surface area contributed by atoms with Crippen LogP contribution in [-0.4, -0.2) is 18.5 Å². The number of carbonyl (C=O) groups is 2. The van der Waals surface area contributed by atoms with Crippen molar-refractivity contribution in [3.63, 3.8) is 0 Å². The van der Waals surface area contributed by atoms with Gasteiger partial charge in [0.2, 0.25) is 5.76 Å². The van der Waals surface area contributed by atoms with Crippen LogP contribution in [0.5, 0.6) is 0 Å². The van der Waals surface area contributed by atoms with Crippen molar-refractivity contribution in [2.24, 2.45) is 5.92 Å². The third-order valence-electron chi connectivity index (χ3n) is 1.81. The molecule has 0 amide bonds. The molecule has 0 saturated carbocycles. The summed E-state index contributed by atoms with van der Waals surface area (Å²) in [5.41, 5.74) is 0. The molecule has 15 heavy (non-hydrogen) atoms. The summed E-state index contributed by atoms with van der Waals surface area (Å²) in [7, 11) is 0. The monoisotopic (exact) mass is 212 g/mol. The van der Waals surface area contributed by atoms with E-state index in [9.17, 15) is 9.59 Å². The van der Waals surface area contributed by atoms with E-state index in [2.05, 4.69) is 17.9 Å². The topological polar surface area (TPSA) is 52.6 Å². The van der Waals surface area contributed by atoms with E-state index in [0.717, 1.165) is 12.5 Å². The van der Waals surface area contributed by atoms with Gasteiger partial charge in [0.05, 0.1) is 6.61 Å². The molecule has 0 saturated heterocycles. The Balaban J connectivity index is 3.95. The summed E-state index contributed by atoms with van der Waals surface area (Å²) >= 11 is 0. The van der Waals surface area contributed by atoms with Crippen molar-refractivity contribution in [1.82, 2.24) is 0 Å². The van der Waals surface area contributed by atoms with Gasteiger partial charge in [-0.25, -0.2) is 9.59 Å². The molecular weight excluding hydrogens is 196 g/mol. The highest BCUT2D eigenvalue weighted by atomic mass is 16.6. The van der Waals surface area contributed by atoms with Crippen LogP contribution in [0.1, 0.15) is 20.3 Å². The molecule has 0 aliphatic rings. The fraction of sp³-hybridized carbons (Fsp3) is 0.455. The molecule has 0 rings (SSSR count). The highest BCUT2D eigenvalue weighted by Crippen LogP contribution is 2.04. The third-order valence-corrected chi connectivity index (χ3v) is 1.81. The maximum atomic E-state index is 11.2. The summed E-state index contributed by atoms with van der Waals surface area (Å²) in [6.07, 6.45) is 1.86. The number of carbonyl (C=O) groups excluding carboxylic acids is 2. The van der Waals surface area contributed by atoms with Gasteiger partial charge in [0, 0.05) is 6.08 Å². The third kappa shape index (κ3) is 5.67. The Bertz CT molecular complexity index is 268. The van der Waals surface area contributed by atoms with Crippen LogP contribution >= 0.6 is 0 Å². The second-order valence-corrected chi connectivity index (χ2v) is 3.16. The summed E-state index contributed by atoms with van der Waals surface area (Å²) in [6, 6.07) is 0. The number of hydrogen-bond donors (Lipinski definition) is 0. The first-order valence-electron chi connectivity index (χ1n) is 4.71. The Morgan fingerprint density at radius 1 is 1.47 bits per heavy atom. The van der Waals surface area contributed by atoms with Crippen LogP contribution in [0.15, 0.2) is 25.0 Å². The van der Waals surface area contributed by atoms with Crippen molar-refractivity contribution in [1.29, 1.82) is 0 Å². The lowest BCUT2D eigenvalue weighted by Gasteiger charge is -2.10. The van der Waals surface area contributed by atoms with E-state index in [1.165, 1.54) is 0 Å². The zero-order valence-corrected chi connectivity index (χ0v) is 9.12. The van der Waals surface area contributed by atoms with Crippen molar-refractivity contribution < 1.29 is 19.1 Å². The summed E-state index contributed by atoms with van der Waals surface area (Å²) in [5, 5.41) is 0. The Labute approximate surface area is 89.6 Å². The van der Waals surface area contributed by atoms with Gasteiger partial charge in [-0.3, -0.25) is 0 Å².